The van der Waals surface area contributed by atoms with Gasteiger partial charge in [0.1, 0.15) is 18.5 Å². The molecule has 2 N–H and O–H groups in total. The van der Waals surface area contributed by atoms with Gasteiger partial charge >= 0.3 is 0 Å². The first kappa shape index (κ1) is 21.0. The summed E-state index contributed by atoms with van der Waals surface area (Å²) < 4.78 is 5.90. The van der Waals surface area contributed by atoms with E-state index in [1.165, 1.54) is 5.56 Å². The minimum absolute atomic E-state index is 0.00609. The third-order valence-electron chi connectivity index (χ3n) is 4.28. The summed E-state index contributed by atoms with van der Waals surface area (Å²) in [5.41, 5.74) is 1.47. The molecule has 0 heterocycles. The maximum Gasteiger partial charge on any atom is 0.122 e. The highest BCUT2D eigenvalue weighted by molar-refractivity contribution is 5.35. The molecule has 0 spiro atoms. The largest absolute Gasteiger partial charge is 0.491 e. The molecule has 1 aromatic carbocycles. The molecule has 0 unspecified atom stereocenters. The van der Waals surface area contributed by atoms with Crippen LogP contribution in [0.5, 0.6) is 5.75 Å². The summed E-state index contributed by atoms with van der Waals surface area (Å²) in [6.45, 7) is 16.3. The summed E-state index contributed by atoms with van der Waals surface area (Å²) in [4.78, 5) is 0. The van der Waals surface area contributed by atoms with Gasteiger partial charge in [0, 0.05) is 12.1 Å². The second-order valence-corrected chi connectivity index (χ2v) is 8.81. The lowest BCUT2D eigenvalue weighted by molar-refractivity contribution is 0.0938. The maximum absolute atomic E-state index is 10.3. The summed E-state index contributed by atoms with van der Waals surface area (Å²) in [7, 11) is 0. The normalized spacial score (nSPS) is 15.2. The van der Waals surface area contributed by atoms with E-state index >= 15 is 0 Å². The van der Waals surface area contributed by atoms with Crippen LogP contribution in [0.4, 0.5) is 0 Å². The van der Waals surface area contributed by atoms with Crippen LogP contribution in [0.2, 0.25) is 0 Å². The van der Waals surface area contributed by atoms with E-state index in [0.29, 0.717) is 19.1 Å². The Morgan fingerprint density at radius 1 is 1.12 bits per heavy atom. The molecular weight excluding hydrogens is 298 g/mol. The van der Waals surface area contributed by atoms with E-state index in [-0.39, 0.29) is 11.0 Å². The minimum Gasteiger partial charge on any atom is -0.491 e. The molecule has 0 aromatic heterocycles. The number of nitrogens with one attached hydrogen (secondary N) is 1. The van der Waals surface area contributed by atoms with Crippen molar-refractivity contribution in [2.45, 2.75) is 78.9 Å². The van der Waals surface area contributed by atoms with Crippen molar-refractivity contribution in [1.82, 2.24) is 5.32 Å². The van der Waals surface area contributed by atoms with Crippen LogP contribution in [0.15, 0.2) is 24.3 Å². The highest BCUT2D eigenvalue weighted by Crippen LogP contribution is 2.29. The molecule has 0 saturated heterocycles. The number of benzene rings is 1. The topological polar surface area (TPSA) is 41.5 Å². The summed E-state index contributed by atoms with van der Waals surface area (Å²) in [6, 6.07) is 8.13. The van der Waals surface area contributed by atoms with E-state index in [1.807, 2.05) is 18.2 Å². The summed E-state index contributed by atoms with van der Waals surface area (Å²) in [6.07, 6.45) is 1.60. The van der Waals surface area contributed by atoms with Crippen LogP contribution < -0.4 is 10.1 Å². The monoisotopic (exact) mass is 335 g/mol. The Kier molecular flexibility index (Phi) is 7.75. The van der Waals surface area contributed by atoms with Crippen LogP contribution in [0.25, 0.3) is 0 Å². The first-order valence-corrected chi connectivity index (χ1v) is 9.19. The lowest BCUT2D eigenvalue weighted by Crippen LogP contribution is -2.46. The number of aliphatic hydroxyl groups is 1. The Morgan fingerprint density at radius 3 is 2.33 bits per heavy atom. The van der Waals surface area contributed by atoms with E-state index in [4.69, 9.17) is 4.74 Å². The summed E-state index contributed by atoms with van der Waals surface area (Å²) in [5, 5.41) is 13.7. The molecule has 0 amide bonds. The van der Waals surface area contributed by atoms with E-state index < -0.39 is 6.10 Å². The summed E-state index contributed by atoms with van der Waals surface area (Å²) >= 11 is 0. The molecule has 0 radical (unpaired) electrons. The molecular formula is C21H37NO2. The van der Waals surface area contributed by atoms with Gasteiger partial charge in [-0.05, 0) is 49.7 Å². The van der Waals surface area contributed by atoms with Crippen LogP contribution in [0.1, 0.15) is 72.8 Å². The molecule has 1 rings (SSSR count). The first-order chi connectivity index (χ1) is 11.0. The predicted octanol–water partition coefficient (Wildman–Crippen LogP) is 4.74. The van der Waals surface area contributed by atoms with Gasteiger partial charge in [0.25, 0.3) is 0 Å². The molecule has 0 aliphatic rings. The zero-order valence-corrected chi connectivity index (χ0v) is 16.6. The molecule has 0 saturated carbocycles. The zero-order valence-electron chi connectivity index (χ0n) is 16.6. The van der Waals surface area contributed by atoms with Crippen molar-refractivity contribution >= 4 is 0 Å². The lowest BCUT2D eigenvalue weighted by atomic mass is 9.82. The van der Waals surface area contributed by atoms with Crippen LogP contribution >= 0.6 is 0 Å². The van der Waals surface area contributed by atoms with Gasteiger partial charge in [-0.15, -0.1) is 0 Å². The second-order valence-electron chi connectivity index (χ2n) is 8.81. The number of β-amino-alcohol motifs (C(OH)–C–C–N with tert-alkyl or cyclic N) is 1. The predicted molar refractivity (Wildman–Crippen MR) is 103 cm³/mol. The smallest absolute Gasteiger partial charge is 0.122 e. The highest BCUT2D eigenvalue weighted by Gasteiger charge is 2.25. The van der Waals surface area contributed by atoms with Gasteiger partial charge < -0.3 is 15.2 Å². The van der Waals surface area contributed by atoms with Crippen LogP contribution in [-0.2, 0) is 0 Å². The Hall–Kier alpha value is -1.06. The number of hydrogen-bond acceptors (Lipinski definition) is 3. The lowest BCUT2D eigenvalue weighted by Gasteiger charge is -2.34. The fourth-order valence-corrected chi connectivity index (χ4v) is 3.27. The number of hydrogen-bond donors (Lipinski definition) is 2. The number of ether oxygens (including phenoxy) is 1. The van der Waals surface area contributed by atoms with Crippen molar-refractivity contribution in [3.63, 3.8) is 0 Å². The average Bonchev–Trinajstić information content (AvgIpc) is 2.48. The third kappa shape index (κ3) is 7.67. The fourth-order valence-electron chi connectivity index (χ4n) is 3.27. The van der Waals surface area contributed by atoms with Crippen molar-refractivity contribution in [2.75, 3.05) is 13.2 Å². The van der Waals surface area contributed by atoms with Gasteiger partial charge in [-0.2, -0.15) is 0 Å². The molecule has 3 heteroatoms. The van der Waals surface area contributed by atoms with Gasteiger partial charge in [0.2, 0.25) is 0 Å². The third-order valence-corrected chi connectivity index (χ3v) is 4.28. The number of aliphatic hydroxyl groups excluding tert-OH is 1. The average molecular weight is 336 g/mol. The Morgan fingerprint density at radius 2 is 1.75 bits per heavy atom. The molecule has 0 aliphatic heterocycles. The van der Waals surface area contributed by atoms with Gasteiger partial charge in [-0.25, -0.2) is 0 Å². The molecule has 138 valence electrons. The Bertz CT molecular complexity index is 491. The van der Waals surface area contributed by atoms with Crippen molar-refractivity contribution in [1.29, 1.82) is 0 Å². The molecule has 3 nitrogen and oxygen atoms in total. The summed E-state index contributed by atoms with van der Waals surface area (Å²) in [5.74, 6) is 1.35. The standard InChI is InChI=1S/C21H37NO2/c1-8-16(2)18-11-9-10-12-19(18)24-14-17(23)13-22-21(6,7)15-20(3,4)5/h9-12,16-17,22-23H,8,13-15H2,1-7H3/t16-,17+/m0/s1. The molecule has 1 aromatic rings. The Balaban J connectivity index is 2.51. The van der Waals surface area contributed by atoms with Gasteiger partial charge in [0.15, 0.2) is 0 Å². The molecule has 0 aliphatic carbocycles. The Labute approximate surface area is 148 Å². The van der Waals surface area contributed by atoms with Crippen LogP contribution in [0, 0.1) is 5.41 Å². The fraction of sp³-hybridized carbons (Fsp3) is 0.714. The van der Waals surface area contributed by atoms with E-state index in [0.717, 1.165) is 18.6 Å². The van der Waals surface area contributed by atoms with Crippen molar-refractivity contribution in [3.8, 4) is 5.75 Å². The SMILES string of the molecule is CC[C@H](C)c1ccccc1OC[C@H](O)CNC(C)(C)CC(C)(C)C. The van der Waals surface area contributed by atoms with Crippen molar-refractivity contribution in [3.05, 3.63) is 29.8 Å². The number of rotatable bonds is 9. The molecule has 2 atom stereocenters. The minimum atomic E-state index is -0.519. The van der Waals surface area contributed by atoms with Gasteiger partial charge in [0.05, 0.1) is 0 Å². The second kappa shape index (κ2) is 8.87. The molecule has 24 heavy (non-hydrogen) atoms. The first-order valence-electron chi connectivity index (χ1n) is 9.19. The van der Waals surface area contributed by atoms with E-state index in [2.05, 4.69) is 59.8 Å². The number of para-hydroxylation sites is 1. The maximum atomic E-state index is 10.3. The van der Waals surface area contributed by atoms with Crippen molar-refractivity contribution < 1.29 is 9.84 Å². The zero-order chi connectivity index (χ0) is 18.4. The van der Waals surface area contributed by atoms with E-state index in [1.54, 1.807) is 0 Å². The quantitative estimate of drug-likeness (QED) is 0.684. The molecule has 0 fully saturated rings. The van der Waals surface area contributed by atoms with Gasteiger partial charge in [-0.3, -0.25) is 0 Å². The highest BCUT2D eigenvalue weighted by atomic mass is 16.5. The van der Waals surface area contributed by atoms with Crippen molar-refractivity contribution in [2.24, 2.45) is 5.41 Å². The van der Waals surface area contributed by atoms with Gasteiger partial charge in [-0.1, -0.05) is 52.8 Å². The van der Waals surface area contributed by atoms with E-state index in [9.17, 15) is 5.11 Å². The van der Waals surface area contributed by atoms with Crippen LogP contribution in [-0.4, -0.2) is 29.9 Å². The van der Waals surface area contributed by atoms with Crippen LogP contribution in [0.3, 0.4) is 0 Å². The molecule has 0 bridgehead atoms.